The number of hydrogen-bond acceptors (Lipinski definition) is 3. The highest BCUT2D eigenvalue weighted by atomic mass is 32.2. The van der Waals surface area contributed by atoms with Gasteiger partial charge < -0.3 is 0 Å². The van der Waals surface area contributed by atoms with Crippen molar-refractivity contribution in [2.75, 3.05) is 0 Å². The van der Waals surface area contributed by atoms with Crippen molar-refractivity contribution in [2.45, 2.75) is 17.2 Å². The summed E-state index contributed by atoms with van der Waals surface area (Å²) in [6.07, 6.45) is 1.61. The standard InChI is InChI=1S/C14H11F2NOS/c1-9(19-13-4-2-3-7-17-13)14(18)11-8-10(15)5-6-12(11)16/h2-9H,1H3/t9-/m0/s1. The quantitative estimate of drug-likeness (QED) is 0.631. The van der Waals surface area contributed by atoms with Gasteiger partial charge >= 0.3 is 0 Å². The summed E-state index contributed by atoms with van der Waals surface area (Å²) < 4.78 is 26.6. The molecule has 0 radical (unpaired) electrons. The topological polar surface area (TPSA) is 30.0 Å². The number of benzene rings is 1. The van der Waals surface area contributed by atoms with E-state index in [-0.39, 0.29) is 5.56 Å². The molecule has 2 rings (SSSR count). The normalized spacial score (nSPS) is 12.2. The van der Waals surface area contributed by atoms with Crippen LogP contribution >= 0.6 is 11.8 Å². The van der Waals surface area contributed by atoms with Crippen LogP contribution in [0.3, 0.4) is 0 Å². The molecule has 19 heavy (non-hydrogen) atoms. The van der Waals surface area contributed by atoms with Gasteiger partial charge in [0.25, 0.3) is 0 Å². The number of halogens is 2. The highest BCUT2D eigenvalue weighted by molar-refractivity contribution is 8.00. The van der Waals surface area contributed by atoms with Gasteiger partial charge in [0.15, 0.2) is 5.78 Å². The van der Waals surface area contributed by atoms with E-state index in [9.17, 15) is 13.6 Å². The predicted octanol–water partition coefficient (Wildman–Crippen LogP) is 3.72. The van der Waals surface area contributed by atoms with Crippen LogP contribution in [0.2, 0.25) is 0 Å². The zero-order chi connectivity index (χ0) is 13.8. The summed E-state index contributed by atoms with van der Waals surface area (Å²) in [7, 11) is 0. The molecular weight excluding hydrogens is 268 g/mol. The predicted molar refractivity (Wildman–Crippen MR) is 70.2 cm³/mol. The van der Waals surface area contributed by atoms with Gasteiger partial charge in [-0.05, 0) is 37.3 Å². The molecule has 0 aliphatic heterocycles. The highest BCUT2D eigenvalue weighted by Crippen LogP contribution is 2.24. The molecule has 0 saturated heterocycles. The smallest absolute Gasteiger partial charge is 0.178 e. The first-order valence-electron chi connectivity index (χ1n) is 5.65. The lowest BCUT2D eigenvalue weighted by Crippen LogP contribution is -2.15. The van der Waals surface area contributed by atoms with Crippen LogP contribution in [0.4, 0.5) is 8.78 Å². The molecule has 0 unspecified atom stereocenters. The molecule has 0 N–H and O–H groups in total. The summed E-state index contributed by atoms with van der Waals surface area (Å²) in [5.74, 6) is -1.78. The molecule has 2 aromatic rings. The van der Waals surface area contributed by atoms with Gasteiger partial charge in [0.05, 0.1) is 15.8 Å². The van der Waals surface area contributed by atoms with E-state index in [4.69, 9.17) is 0 Å². The monoisotopic (exact) mass is 279 g/mol. The summed E-state index contributed by atoms with van der Waals surface area (Å²) in [6.45, 7) is 1.64. The number of aromatic nitrogens is 1. The van der Waals surface area contributed by atoms with E-state index in [0.717, 1.165) is 18.2 Å². The number of pyridine rings is 1. The van der Waals surface area contributed by atoms with Crippen LogP contribution in [-0.4, -0.2) is 16.0 Å². The van der Waals surface area contributed by atoms with Gasteiger partial charge in [-0.15, -0.1) is 0 Å². The minimum Gasteiger partial charge on any atom is -0.293 e. The van der Waals surface area contributed by atoms with E-state index in [1.165, 1.54) is 11.8 Å². The van der Waals surface area contributed by atoms with Crippen molar-refractivity contribution in [1.82, 2.24) is 4.98 Å². The van der Waals surface area contributed by atoms with Crippen LogP contribution < -0.4 is 0 Å². The fourth-order valence-corrected chi connectivity index (χ4v) is 2.43. The van der Waals surface area contributed by atoms with Crippen molar-refractivity contribution in [3.63, 3.8) is 0 Å². The minimum absolute atomic E-state index is 0.226. The fourth-order valence-electron chi connectivity index (χ4n) is 1.56. The molecule has 1 heterocycles. The molecule has 5 heteroatoms. The van der Waals surface area contributed by atoms with Crippen LogP contribution in [-0.2, 0) is 0 Å². The van der Waals surface area contributed by atoms with Crippen LogP contribution in [0.25, 0.3) is 0 Å². The molecule has 1 aromatic heterocycles. The first-order chi connectivity index (χ1) is 9.08. The Morgan fingerprint density at radius 1 is 1.26 bits per heavy atom. The average Bonchev–Trinajstić information content (AvgIpc) is 2.42. The number of ketones is 1. The number of nitrogens with zero attached hydrogens (tertiary/aromatic N) is 1. The Morgan fingerprint density at radius 3 is 2.74 bits per heavy atom. The molecule has 0 saturated carbocycles. The molecule has 0 aliphatic rings. The third-order valence-corrected chi connectivity index (χ3v) is 3.55. The largest absolute Gasteiger partial charge is 0.293 e. The van der Waals surface area contributed by atoms with E-state index < -0.39 is 22.7 Å². The molecular formula is C14H11F2NOS. The van der Waals surface area contributed by atoms with Crippen molar-refractivity contribution in [1.29, 1.82) is 0 Å². The Labute approximate surface area is 113 Å². The molecule has 0 amide bonds. The van der Waals surface area contributed by atoms with Gasteiger partial charge in [0.2, 0.25) is 0 Å². The van der Waals surface area contributed by atoms with Gasteiger partial charge in [-0.25, -0.2) is 13.8 Å². The molecule has 0 fully saturated rings. The lowest BCUT2D eigenvalue weighted by Gasteiger charge is -2.10. The third kappa shape index (κ3) is 3.38. The van der Waals surface area contributed by atoms with E-state index in [0.29, 0.717) is 5.03 Å². The second kappa shape index (κ2) is 5.93. The number of rotatable bonds is 4. The number of carbonyl (C=O) groups excluding carboxylic acids is 1. The molecule has 98 valence electrons. The van der Waals surface area contributed by atoms with Gasteiger partial charge in [-0.1, -0.05) is 17.8 Å². The van der Waals surface area contributed by atoms with E-state index in [1.54, 1.807) is 31.3 Å². The molecule has 0 spiro atoms. The van der Waals surface area contributed by atoms with E-state index in [1.807, 2.05) is 0 Å². The SMILES string of the molecule is C[C@H](Sc1ccccn1)C(=O)c1cc(F)ccc1F. The van der Waals surface area contributed by atoms with Crippen LogP contribution in [0.1, 0.15) is 17.3 Å². The van der Waals surface area contributed by atoms with E-state index >= 15 is 0 Å². The average molecular weight is 279 g/mol. The van der Waals surface area contributed by atoms with Crippen molar-refractivity contribution >= 4 is 17.5 Å². The third-order valence-electron chi connectivity index (χ3n) is 2.50. The van der Waals surface area contributed by atoms with Crippen molar-refractivity contribution in [3.8, 4) is 0 Å². The van der Waals surface area contributed by atoms with Crippen LogP contribution in [0.5, 0.6) is 0 Å². The number of thioether (sulfide) groups is 1. The number of carbonyl (C=O) groups is 1. The maximum Gasteiger partial charge on any atom is 0.178 e. The molecule has 0 bridgehead atoms. The maximum absolute atomic E-state index is 13.5. The Bertz CT molecular complexity index is 589. The molecule has 1 aromatic carbocycles. The van der Waals surface area contributed by atoms with Gasteiger partial charge in [0, 0.05) is 6.20 Å². The fraction of sp³-hybridized carbons (Fsp3) is 0.143. The van der Waals surface area contributed by atoms with Gasteiger partial charge in [-0.3, -0.25) is 4.79 Å². The molecule has 1 atom stereocenters. The second-order valence-corrected chi connectivity index (χ2v) is 5.28. The Hall–Kier alpha value is -1.75. The highest BCUT2D eigenvalue weighted by Gasteiger charge is 2.20. The lowest BCUT2D eigenvalue weighted by molar-refractivity contribution is 0.0989. The number of Topliss-reactive ketones (excluding diaryl/α,β-unsaturated/α-hetero) is 1. The second-order valence-electron chi connectivity index (χ2n) is 3.92. The Morgan fingerprint density at radius 2 is 2.05 bits per heavy atom. The van der Waals surface area contributed by atoms with Crippen molar-refractivity contribution in [2.24, 2.45) is 0 Å². The summed E-state index contributed by atoms with van der Waals surface area (Å²) >= 11 is 1.21. The zero-order valence-corrected chi connectivity index (χ0v) is 11.0. The van der Waals surface area contributed by atoms with E-state index in [2.05, 4.69) is 4.98 Å². The first kappa shape index (κ1) is 13.7. The lowest BCUT2D eigenvalue weighted by atomic mass is 10.1. The van der Waals surface area contributed by atoms with Crippen molar-refractivity contribution < 1.29 is 13.6 Å². The van der Waals surface area contributed by atoms with Crippen LogP contribution in [0.15, 0.2) is 47.6 Å². The van der Waals surface area contributed by atoms with Crippen LogP contribution in [0, 0.1) is 11.6 Å². The van der Waals surface area contributed by atoms with Crippen molar-refractivity contribution in [3.05, 3.63) is 59.8 Å². The summed E-state index contributed by atoms with van der Waals surface area (Å²) in [5, 5.41) is 0.131. The zero-order valence-electron chi connectivity index (χ0n) is 10.1. The summed E-state index contributed by atoms with van der Waals surface area (Å²) in [5.41, 5.74) is -0.226. The summed E-state index contributed by atoms with van der Waals surface area (Å²) in [4.78, 5) is 16.1. The maximum atomic E-state index is 13.5. The Balaban J connectivity index is 2.17. The minimum atomic E-state index is -0.708. The first-order valence-corrected chi connectivity index (χ1v) is 6.53. The molecule has 0 aliphatic carbocycles. The van der Waals surface area contributed by atoms with Gasteiger partial charge in [0.1, 0.15) is 11.6 Å². The summed E-state index contributed by atoms with van der Waals surface area (Å²) in [6, 6.07) is 8.20. The van der Waals surface area contributed by atoms with Gasteiger partial charge in [-0.2, -0.15) is 0 Å². The molecule has 2 nitrogen and oxygen atoms in total. The Kier molecular flexibility index (Phi) is 4.27. The number of hydrogen-bond donors (Lipinski definition) is 0.